The highest BCUT2D eigenvalue weighted by Crippen LogP contribution is 2.26. The van der Waals surface area contributed by atoms with Gasteiger partial charge in [0.2, 0.25) is 5.89 Å². The third-order valence-electron chi connectivity index (χ3n) is 6.38. The molecular formula is C26H26F3N7O3. The van der Waals surface area contributed by atoms with E-state index in [1.54, 1.807) is 31.3 Å². The van der Waals surface area contributed by atoms with E-state index in [1.807, 2.05) is 12.2 Å². The Kier molecular flexibility index (Phi) is 7.89. The van der Waals surface area contributed by atoms with E-state index in [0.29, 0.717) is 22.4 Å². The molecule has 1 atom stereocenters. The van der Waals surface area contributed by atoms with Crippen LogP contribution in [0.4, 0.5) is 13.2 Å². The molecule has 0 spiro atoms. The SMILES string of the molecule is C/C=C(C1=CNC(N2CCNCC2)C=C1)\C(F)=C/c1coc(=O)n1Cc1ccc(-c2nnc(C(F)F)o2)cn1. The van der Waals surface area contributed by atoms with Crippen LogP contribution >= 0.6 is 0 Å². The van der Waals surface area contributed by atoms with Crippen LogP contribution in [0.15, 0.2) is 79.6 Å². The maximum atomic E-state index is 15.4. The van der Waals surface area contributed by atoms with Crippen molar-refractivity contribution in [2.45, 2.75) is 26.1 Å². The summed E-state index contributed by atoms with van der Waals surface area (Å²) in [5.41, 5.74) is 2.03. The van der Waals surface area contributed by atoms with Crippen molar-refractivity contribution in [2.24, 2.45) is 0 Å². The van der Waals surface area contributed by atoms with E-state index in [2.05, 4.69) is 30.7 Å². The van der Waals surface area contributed by atoms with Crippen LogP contribution in [0, 0.1) is 0 Å². The van der Waals surface area contributed by atoms with Crippen molar-refractivity contribution in [3.05, 3.63) is 93.8 Å². The Morgan fingerprint density at radius 2 is 2.08 bits per heavy atom. The summed E-state index contributed by atoms with van der Waals surface area (Å²) in [6, 6.07) is 3.12. The maximum Gasteiger partial charge on any atom is 0.419 e. The second-order valence-corrected chi connectivity index (χ2v) is 8.85. The minimum absolute atomic E-state index is 0.0114. The summed E-state index contributed by atoms with van der Waals surface area (Å²) in [7, 11) is 0. The van der Waals surface area contributed by atoms with Gasteiger partial charge < -0.3 is 19.5 Å². The predicted octanol–water partition coefficient (Wildman–Crippen LogP) is 3.40. The summed E-state index contributed by atoms with van der Waals surface area (Å²) in [5, 5.41) is 13.5. The quantitative estimate of drug-likeness (QED) is 0.414. The first-order chi connectivity index (χ1) is 18.9. The van der Waals surface area contributed by atoms with E-state index in [1.165, 1.54) is 23.1 Å². The average Bonchev–Trinajstić information content (AvgIpc) is 3.58. The number of piperazine rings is 1. The molecule has 3 aromatic rings. The second-order valence-electron chi connectivity index (χ2n) is 8.85. The first-order valence-electron chi connectivity index (χ1n) is 12.3. The Balaban J connectivity index is 1.29. The Bertz CT molecular complexity index is 1480. The lowest BCUT2D eigenvalue weighted by molar-refractivity contribution is 0.116. The smallest absolute Gasteiger partial charge is 0.416 e. The summed E-state index contributed by atoms with van der Waals surface area (Å²) in [6.07, 6.45) is 8.28. The summed E-state index contributed by atoms with van der Waals surface area (Å²) in [4.78, 5) is 18.9. The molecule has 0 aromatic carbocycles. The van der Waals surface area contributed by atoms with Crippen molar-refractivity contribution in [3.8, 4) is 11.5 Å². The van der Waals surface area contributed by atoms with Gasteiger partial charge in [-0.05, 0) is 30.7 Å². The number of alkyl halides is 2. The van der Waals surface area contributed by atoms with Gasteiger partial charge in [0.05, 0.1) is 29.7 Å². The molecule has 204 valence electrons. The summed E-state index contributed by atoms with van der Waals surface area (Å²) in [6.45, 7) is 5.41. The second kappa shape index (κ2) is 11.7. The number of nitrogens with zero attached hydrogens (tertiary/aromatic N) is 5. The van der Waals surface area contributed by atoms with Crippen LogP contribution in [-0.2, 0) is 6.54 Å². The molecule has 0 bridgehead atoms. The van der Waals surface area contributed by atoms with E-state index < -0.39 is 23.9 Å². The molecule has 0 radical (unpaired) electrons. The first kappa shape index (κ1) is 26.4. The van der Waals surface area contributed by atoms with Crippen molar-refractivity contribution in [1.82, 2.24) is 35.3 Å². The van der Waals surface area contributed by atoms with Crippen molar-refractivity contribution in [1.29, 1.82) is 0 Å². The number of halogens is 3. The molecule has 3 aromatic heterocycles. The maximum absolute atomic E-state index is 15.4. The van der Waals surface area contributed by atoms with Gasteiger partial charge in [-0.3, -0.25) is 14.5 Å². The molecule has 2 N–H and O–H groups in total. The molecule has 1 unspecified atom stereocenters. The number of hydrogen-bond acceptors (Lipinski definition) is 9. The minimum Gasteiger partial charge on any atom is -0.416 e. The van der Waals surface area contributed by atoms with E-state index in [0.717, 1.165) is 26.2 Å². The highest BCUT2D eigenvalue weighted by molar-refractivity contribution is 5.60. The highest BCUT2D eigenvalue weighted by atomic mass is 19.3. The molecule has 0 amide bonds. The van der Waals surface area contributed by atoms with Crippen LogP contribution in [0.2, 0.25) is 0 Å². The number of nitrogens with one attached hydrogen (secondary N) is 2. The molecule has 1 fully saturated rings. The number of dihydropyridines is 1. The summed E-state index contributed by atoms with van der Waals surface area (Å²) < 4.78 is 52.0. The number of rotatable bonds is 8. The van der Waals surface area contributed by atoms with Crippen LogP contribution in [0.3, 0.4) is 0 Å². The fourth-order valence-electron chi connectivity index (χ4n) is 4.34. The van der Waals surface area contributed by atoms with Gasteiger partial charge in [0, 0.05) is 50.2 Å². The van der Waals surface area contributed by atoms with Crippen molar-refractivity contribution >= 4 is 6.08 Å². The zero-order valence-electron chi connectivity index (χ0n) is 21.0. The van der Waals surface area contributed by atoms with Crippen molar-refractivity contribution in [2.75, 3.05) is 26.2 Å². The zero-order chi connectivity index (χ0) is 27.4. The zero-order valence-corrected chi connectivity index (χ0v) is 21.0. The van der Waals surface area contributed by atoms with Crippen LogP contribution in [-0.4, -0.2) is 57.0 Å². The molecule has 5 heterocycles. The highest BCUT2D eigenvalue weighted by Gasteiger charge is 2.21. The lowest BCUT2D eigenvalue weighted by atomic mass is 10.0. The molecule has 2 aliphatic rings. The number of allylic oxidation sites excluding steroid dienone is 5. The standard InChI is InChI=1S/C26H26F3N7O3/c1-2-20(16-4-6-22(32-12-16)35-9-7-30-8-10-35)21(27)11-19-15-38-26(37)36(19)14-18-5-3-17(13-31-18)24-33-34-25(39-24)23(28)29/h2-6,11-13,15,22-23,30,32H,7-10,14H2,1H3/b20-2-,21-11+. The van der Waals surface area contributed by atoms with E-state index in [-0.39, 0.29) is 24.3 Å². The summed E-state index contributed by atoms with van der Waals surface area (Å²) in [5.74, 6) is -2.11. The molecule has 0 saturated carbocycles. The molecule has 2 aliphatic heterocycles. The van der Waals surface area contributed by atoms with Crippen molar-refractivity contribution in [3.63, 3.8) is 0 Å². The molecule has 5 rings (SSSR count). The van der Waals surface area contributed by atoms with Gasteiger partial charge in [0.25, 0.3) is 5.89 Å². The van der Waals surface area contributed by atoms with Crippen LogP contribution < -0.4 is 16.4 Å². The Morgan fingerprint density at radius 1 is 1.26 bits per heavy atom. The number of pyridine rings is 1. The van der Waals surface area contributed by atoms with Gasteiger partial charge in [0.15, 0.2) is 0 Å². The molecular weight excluding hydrogens is 515 g/mol. The minimum atomic E-state index is -2.88. The lowest BCUT2D eigenvalue weighted by Crippen LogP contribution is -2.52. The van der Waals surface area contributed by atoms with Gasteiger partial charge in [-0.2, -0.15) is 8.78 Å². The Morgan fingerprint density at radius 3 is 2.72 bits per heavy atom. The molecule has 10 nitrogen and oxygen atoms in total. The van der Waals surface area contributed by atoms with Gasteiger partial charge in [-0.15, -0.1) is 10.2 Å². The monoisotopic (exact) mass is 541 g/mol. The summed E-state index contributed by atoms with van der Waals surface area (Å²) >= 11 is 0. The van der Waals surface area contributed by atoms with Crippen LogP contribution in [0.25, 0.3) is 17.5 Å². The molecule has 39 heavy (non-hydrogen) atoms. The topological polar surface area (TPSA) is 114 Å². The van der Waals surface area contributed by atoms with Crippen molar-refractivity contribution < 1.29 is 22.0 Å². The van der Waals surface area contributed by atoms with E-state index >= 15 is 4.39 Å². The Hall–Kier alpha value is -4.23. The number of hydrogen-bond donors (Lipinski definition) is 2. The van der Waals surface area contributed by atoms with E-state index in [4.69, 9.17) is 8.83 Å². The predicted molar refractivity (Wildman–Crippen MR) is 136 cm³/mol. The average molecular weight is 542 g/mol. The number of oxazole rings is 1. The third-order valence-corrected chi connectivity index (χ3v) is 6.38. The fraction of sp³-hybridized carbons (Fsp3) is 0.308. The van der Waals surface area contributed by atoms with Crippen LogP contribution in [0.5, 0.6) is 0 Å². The normalized spacial score (nSPS) is 18.9. The van der Waals surface area contributed by atoms with Gasteiger partial charge in [0.1, 0.15) is 12.1 Å². The first-order valence-corrected chi connectivity index (χ1v) is 12.3. The fourth-order valence-corrected chi connectivity index (χ4v) is 4.34. The van der Waals surface area contributed by atoms with Crippen LogP contribution in [0.1, 0.15) is 30.6 Å². The lowest BCUT2D eigenvalue weighted by Gasteiger charge is -2.34. The largest absolute Gasteiger partial charge is 0.419 e. The Labute approximate surface area is 221 Å². The van der Waals surface area contributed by atoms with E-state index in [9.17, 15) is 13.6 Å². The van der Waals surface area contributed by atoms with Gasteiger partial charge >= 0.3 is 12.2 Å². The van der Waals surface area contributed by atoms with Gasteiger partial charge in [-0.25, -0.2) is 9.18 Å². The molecule has 13 heteroatoms. The van der Waals surface area contributed by atoms with Gasteiger partial charge in [-0.1, -0.05) is 12.2 Å². The number of aromatic nitrogens is 4. The molecule has 0 aliphatic carbocycles. The molecule has 1 saturated heterocycles. The third kappa shape index (κ3) is 5.94.